The molecule has 28 heavy (non-hydrogen) atoms. The van der Waals surface area contributed by atoms with Gasteiger partial charge in [-0.3, -0.25) is 9.69 Å². The van der Waals surface area contributed by atoms with E-state index in [4.69, 9.17) is 22.1 Å². The number of cyclic esters (lactones) is 1. The van der Waals surface area contributed by atoms with Crippen LogP contribution in [0.4, 0.5) is 16.2 Å². The summed E-state index contributed by atoms with van der Waals surface area (Å²) in [5, 5.41) is 15.3. The third kappa shape index (κ3) is 4.63. The summed E-state index contributed by atoms with van der Waals surface area (Å²) in [5.74, 6) is -0.234. The van der Waals surface area contributed by atoms with Gasteiger partial charge in [0.2, 0.25) is 5.91 Å². The highest BCUT2D eigenvalue weighted by atomic mass is 32.1. The molecule has 3 N–H and O–H groups in total. The van der Waals surface area contributed by atoms with Crippen LogP contribution in [0.5, 0.6) is 0 Å². The third-order valence-electron chi connectivity index (χ3n) is 4.89. The number of amides is 2. The molecule has 3 rings (SSSR count). The van der Waals surface area contributed by atoms with Gasteiger partial charge in [0.05, 0.1) is 13.1 Å². The Kier molecular flexibility index (Phi) is 6.53. The fourth-order valence-corrected chi connectivity index (χ4v) is 3.37. The Balaban J connectivity index is 1.55. The summed E-state index contributed by atoms with van der Waals surface area (Å²) in [4.78, 5) is 29.2. The number of carbonyl (C=O) groups excluding carboxylic acids is 2. The van der Waals surface area contributed by atoms with Gasteiger partial charge in [-0.1, -0.05) is 0 Å². The fourth-order valence-electron chi connectivity index (χ4n) is 3.29. The van der Waals surface area contributed by atoms with Crippen LogP contribution >= 0.6 is 12.2 Å². The van der Waals surface area contributed by atoms with Crippen LogP contribution in [-0.4, -0.2) is 86.1 Å². The van der Waals surface area contributed by atoms with Gasteiger partial charge in [0.15, 0.2) is 5.11 Å². The van der Waals surface area contributed by atoms with E-state index in [1.165, 1.54) is 0 Å². The Morgan fingerprint density at radius 1 is 1.21 bits per heavy atom. The molecule has 10 heteroatoms. The lowest BCUT2D eigenvalue weighted by Crippen LogP contribution is -2.49. The van der Waals surface area contributed by atoms with Gasteiger partial charge in [-0.2, -0.15) is 0 Å². The van der Waals surface area contributed by atoms with Crippen molar-refractivity contribution in [1.82, 2.24) is 15.5 Å². The molecular weight excluding hydrogens is 382 g/mol. The molecule has 2 aliphatic heterocycles. The molecule has 2 heterocycles. The molecule has 0 spiro atoms. The van der Waals surface area contributed by atoms with Crippen molar-refractivity contribution in [3.05, 3.63) is 24.3 Å². The van der Waals surface area contributed by atoms with Crippen LogP contribution in [0.25, 0.3) is 0 Å². The highest BCUT2D eigenvalue weighted by Crippen LogP contribution is 2.25. The van der Waals surface area contributed by atoms with E-state index in [2.05, 4.69) is 15.5 Å². The first kappa shape index (κ1) is 20.2. The second kappa shape index (κ2) is 9.07. The number of ether oxygens (including phenoxy) is 1. The molecule has 2 aliphatic rings. The minimum absolute atomic E-state index is 0.234. The smallest absolute Gasteiger partial charge is 0.414 e. The summed E-state index contributed by atoms with van der Waals surface area (Å²) < 4.78 is 5.38. The number of thiocarbonyl (C=S) groups is 1. The number of hydrogen-bond donors (Lipinski definition) is 3. The number of benzene rings is 1. The van der Waals surface area contributed by atoms with Gasteiger partial charge in [-0.15, -0.1) is 0 Å². The van der Waals surface area contributed by atoms with E-state index in [0.29, 0.717) is 44.4 Å². The van der Waals surface area contributed by atoms with Crippen molar-refractivity contribution in [3.63, 3.8) is 0 Å². The van der Waals surface area contributed by atoms with E-state index < -0.39 is 6.61 Å². The van der Waals surface area contributed by atoms with Gasteiger partial charge in [0.1, 0.15) is 12.7 Å². The predicted molar refractivity (Wildman–Crippen MR) is 110 cm³/mol. The first-order valence-corrected chi connectivity index (χ1v) is 9.60. The van der Waals surface area contributed by atoms with Gasteiger partial charge >= 0.3 is 6.09 Å². The van der Waals surface area contributed by atoms with Crippen molar-refractivity contribution in [2.24, 2.45) is 0 Å². The summed E-state index contributed by atoms with van der Waals surface area (Å²) in [6.45, 7) is 3.05. The van der Waals surface area contributed by atoms with Crippen LogP contribution < -0.4 is 20.4 Å². The number of anilines is 2. The molecule has 0 unspecified atom stereocenters. The van der Waals surface area contributed by atoms with Crippen LogP contribution in [0.15, 0.2) is 24.3 Å². The van der Waals surface area contributed by atoms with E-state index >= 15 is 0 Å². The molecule has 0 radical (unpaired) electrons. The van der Waals surface area contributed by atoms with Crippen molar-refractivity contribution < 1.29 is 19.4 Å². The normalized spacial score (nSPS) is 19.4. The average Bonchev–Trinajstić information content (AvgIpc) is 3.12. The van der Waals surface area contributed by atoms with Crippen molar-refractivity contribution >= 4 is 40.7 Å². The Hall–Kier alpha value is -2.59. The molecule has 1 atom stereocenters. The Bertz CT molecular complexity index is 721. The fraction of sp³-hybridized carbons (Fsp3) is 0.500. The quantitative estimate of drug-likeness (QED) is 0.575. The SMILES string of the molecule is CNC(=S)NC[C@H]1CN(c2ccc(N3CCN(C(=O)CO)CC3)cc2)C(=O)O1. The maximum atomic E-state index is 12.2. The molecule has 2 saturated heterocycles. The van der Waals surface area contributed by atoms with Gasteiger partial charge in [-0.25, -0.2) is 4.79 Å². The molecule has 152 valence electrons. The van der Waals surface area contributed by atoms with Crippen LogP contribution in [-0.2, 0) is 9.53 Å². The zero-order chi connectivity index (χ0) is 20.1. The number of aliphatic hydroxyl groups excluding tert-OH is 1. The highest BCUT2D eigenvalue weighted by Gasteiger charge is 2.32. The maximum absolute atomic E-state index is 12.2. The molecule has 2 fully saturated rings. The average molecular weight is 407 g/mol. The molecule has 0 saturated carbocycles. The van der Waals surface area contributed by atoms with Gasteiger partial charge < -0.3 is 30.3 Å². The molecule has 1 aromatic carbocycles. The van der Waals surface area contributed by atoms with Crippen molar-refractivity contribution in [3.8, 4) is 0 Å². The lowest BCUT2D eigenvalue weighted by molar-refractivity contribution is -0.134. The number of rotatable bonds is 5. The monoisotopic (exact) mass is 407 g/mol. The van der Waals surface area contributed by atoms with E-state index in [9.17, 15) is 9.59 Å². The van der Waals surface area contributed by atoms with Gasteiger partial charge in [-0.05, 0) is 36.5 Å². The van der Waals surface area contributed by atoms with Gasteiger partial charge in [0.25, 0.3) is 0 Å². The van der Waals surface area contributed by atoms with E-state index in [1.54, 1.807) is 16.8 Å². The molecule has 2 amide bonds. The second-order valence-corrected chi connectivity index (χ2v) is 7.03. The Labute approximate surface area is 169 Å². The van der Waals surface area contributed by atoms with E-state index in [-0.39, 0.29) is 18.1 Å². The predicted octanol–water partition coefficient (Wildman–Crippen LogP) is -0.253. The highest BCUT2D eigenvalue weighted by molar-refractivity contribution is 7.80. The van der Waals surface area contributed by atoms with Crippen molar-refractivity contribution in [2.75, 3.05) is 62.7 Å². The maximum Gasteiger partial charge on any atom is 0.414 e. The largest absolute Gasteiger partial charge is 0.442 e. The van der Waals surface area contributed by atoms with E-state index in [1.807, 2.05) is 24.3 Å². The summed E-state index contributed by atoms with van der Waals surface area (Å²) in [5.41, 5.74) is 1.81. The molecular formula is C18H25N5O4S. The Morgan fingerprint density at radius 2 is 1.86 bits per heavy atom. The Morgan fingerprint density at radius 3 is 2.46 bits per heavy atom. The van der Waals surface area contributed by atoms with Crippen LogP contribution in [0, 0.1) is 0 Å². The molecule has 0 aromatic heterocycles. The minimum atomic E-state index is -0.447. The third-order valence-corrected chi connectivity index (χ3v) is 5.23. The number of carbonyl (C=O) groups is 2. The summed E-state index contributed by atoms with van der Waals surface area (Å²) in [7, 11) is 1.73. The lowest BCUT2D eigenvalue weighted by Gasteiger charge is -2.36. The lowest BCUT2D eigenvalue weighted by atomic mass is 10.2. The molecule has 0 bridgehead atoms. The first-order chi connectivity index (χ1) is 13.5. The van der Waals surface area contributed by atoms with Crippen molar-refractivity contribution in [1.29, 1.82) is 0 Å². The summed E-state index contributed by atoms with van der Waals surface area (Å²) in [6.07, 6.45) is -0.637. The molecule has 1 aromatic rings. The minimum Gasteiger partial charge on any atom is -0.442 e. The number of nitrogens with zero attached hydrogens (tertiary/aromatic N) is 3. The second-order valence-electron chi connectivity index (χ2n) is 6.62. The zero-order valence-corrected chi connectivity index (χ0v) is 16.6. The van der Waals surface area contributed by atoms with Gasteiger partial charge in [0, 0.05) is 44.6 Å². The summed E-state index contributed by atoms with van der Waals surface area (Å²) in [6, 6.07) is 7.73. The summed E-state index contributed by atoms with van der Waals surface area (Å²) >= 11 is 5.03. The van der Waals surface area contributed by atoms with Crippen molar-refractivity contribution in [2.45, 2.75) is 6.10 Å². The zero-order valence-electron chi connectivity index (χ0n) is 15.8. The molecule has 9 nitrogen and oxygen atoms in total. The molecule has 0 aliphatic carbocycles. The number of aliphatic hydroxyl groups is 1. The van der Waals surface area contributed by atoms with Crippen LogP contribution in [0.3, 0.4) is 0 Å². The van der Waals surface area contributed by atoms with Crippen LogP contribution in [0.1, 0.15) is 0 Å². The number of hydrogen-bond acceptors (Lipinski definition) is 6. The number of nitrogens with one attached hydrogen (secondary N) is 2. The standard InChI is InChI=1S/C18H25N5O4S/c1-19-17(28)20-10-15-11-23(18(26)27-15)14-4-2-13(3-5-14)21-6-8-22(9-7-21)16(25)12-24/h2-5,15,24H,6-12H2,1H3,(H2,19,20,28)/t15-/m0/s1. The van der Waals surface area contributed by atoms with Crippen LogP contribution in [0.2, 0.25) is 0 Å². The number of piperazine rings is 1. The topological polar surface area (TPSA) is 97.4 Å². The first-order valence-electron chi connectivity index (χ1n) is 9.19. The van der Waals surface area contributed by atoms with E-state index in [0.717, 1.165) is 11.4 Å².